The monoisotopic (exact) mass is 269 g/mol. The smallest absolute Gasteiger partial charge is 0.148 e. The van der Waals surface area contributed by atoms with E-state index in [2.05, 4.69) is 9.97 Å². The predicted octanol–water partition coefficient (Wildman–Crippen LogP) is 2.16. The number of aliphatic hydroxyl groups excluding tert-OH is 1. The molecule has 1 unspecified atom stereocenters. The summed E-state index contributed by atoms with van der Waals surface area (Å²) in [5.74, 6) is 0.451. The fourth-order valence-corrected chi connectivity index (χ4v) is 2.42. The first-order valence-corrected chi connectivity index (χ1v) is 6.27. The van der Waals surface area contributed by atoms with E-state index >= 15 is 0 Å². The molecule has 0 aliphatic heterocycles. The Morgan fingerprint density at radius 2 is 2.24 bits per heavy atom. The van der Waals surface area contributed by atoms with E-state index in [1.54, 1.807) is 0 Å². The number of aromatic nitrogens is 2. The Labute approximate surface area is 108 Å². The summed E-state index contributed by atoms with van der Waals surface area (Å²) in [6.45, 7) is 1.70. The third-order valence-electron chi connectivity index (χ3n) is 2.23. The first-order valence-electron chi connectivity index (χ1n) is 5.08. The zero-order valence-electron chi connectivity index (χ0n) is 9.22. The van der Waals surface area contributed by atoms with Gasteiger partial charge in [0.2, 0.25) is 0 Å². The summed E-state index contributed by atoms with van der Waals surface area (Å²) in [4.78, 5) is 9.52. The summed E-state index contributed by atoms with van der Waals surface area (Å²) < 4.78 is 0.712. The zero-order chi connectivity index (χ0) is 12.4. The van der Waals surface area contributed by atoms with Gasteiger partial charge in [-0.1, -0.05) is 11.6 Å². The fraction of sp³-hybridized carbons (Fsp3) is 0.273. The highest BCUT2D eigenvalue weighted by molar-refractivity contribution is 7.19. The lowest BCUT2D eigenvalue weighted by atomic mass is 10.2. The summed E-state index contributed by atoms with van der Waals surface area (Å²) in [5, 5.41) is 9.02. The van der Waals surface area contributed by atoms with Crippen LogP contribution in [0.2, 0.25) is 4.34 Å². The van der Waals surface area contributed by atoms with E-state index in [1.807, 2.05) is 25.1 Å². The van der Waals surface area contributed by atoms with Gasteiger partial charge < -0.3 is 10.8 Å². The van der Waals surface area contributed by atoms with Crippen LogP contribution in [-0.2, 0) is 0 Å². The Kier molecular flexibility index (Phi) is 3.73. The molecule has 2 rings (SSSR count). The van der Waals surface area contributed by atoms with Crippen LogP contribution in [0.3, 0.4) is 0 Å². The molecule has 0 aliphatic rings. The van der Waals surface area contributed by atoms with Crippen LogP contribution in [0.4, 0.5) is 0 Å². The number of aliphatic hydroxyl groups is 1. The number of aryl methyl sites for hydroxylation is 1. The number of nitrogens with two attached hydrogens (primary N) is 1. The Balaban J connectivity index is 2.44. The van der Waals surface area contributed by atoms with E-state index in [0.717, 1.165) is 16.3 Å². The van der Waals surface area contributed by atoms with E-state index in [9.17, 15) is 0 Å². The molecule has 0 aromatic carbocycles. The molecule has 90 valence electrons. The minimum Gasteiger partial charge on any atom is -0.394 e. The number of hydrogen-bond donors (Lipinski definition) is 2. The van der Waals surface area contributed by atoms with Crippen molar-refractivity contribution in [3.8, 4) is 10.6 Å². The zero-order valence-corrected chi connectivity index (χ0v) is 10.8. The van der Waals surface area contributed by atoms with Crippen LogP contribution < -0.4 is 5.73 Å². The molecule has 0 aliphatic carbocycles. The topological polar surface area (TPSA) is 72.0 Å². The fourth-order valence-electron chi connectivity index (χ4n) is 1.42. The van der Waals surface area contributed by atoms with Crippen molar-refractivity contribution in [3.63, 3.8) is 0 Å². The van der Waals surface area contributed by atoms with Gasteiger partial charge in [0, 0.05) is 5.69 Å². The van der Waals surface area contributed by atoms with Crippen molar-refractivity contribution >= 4 is 22.9 Å². The summed E-state index contributed by atoms with van der Waals surface area (Å²) in [6, 6.07) is 5.05. The molecule has 17 heavy (non-hydrogen) atoms. The van der Waals surface area contributed by atoms with Crippen molar-refractivity contribution in [3.05, 3.63) is 34.1 Å². The second-order valence-electron chi connectivity index (χ2n) is 3.65. The van der Waals surface area contributed by atoms with Gasteiger partial charge in [-0.25, -0.2) is 9.97 Å². The second kappa shape index (κ2) is 5.10. The molecule has 0 radical (unpaired) electrons. The van der Waals surface area contributed by atoms with E-state index in [1.165, 1.54) is 11.3 Å². The van der Waals surface area contributed by atoms with Gasteiger partial charge in [-0.3, -0.25) is 0 Å². The van der Waals surface area contributed by atoms with E-state index in [0.29, 0.717) is 10.2 Å². The largest absolute Gasteiger partial charge is 0.394 e. The molecule has 4 nitrogen and oxygen atoms in total. The van der Waals surface area contributed by atoms with Crippen molar-refractivity contribution < 1.29 is 5.11 Å². The number of rotatable bonds is 3. The lowest BCUT2D eigenvalue weighted by Gasteiger charge is -2.09. The SMILES string of the molecule is Cc1cc(-c2ccc(Cl)s2)nc(C(N)CO)n1. The third kappa shape index (κ3) is 2.81. The number of nitrogens with zero attached hydrogens (tertiary/aromatic N) is 2. The Hall–Kier alpha value is -1.01. The second-order valence-corrected chi connectivity index (χ2v) is 5.36. The predicted molar refractivity (Wildman–Crippen MR) is 69.1 cm³/mol. The first kappa shape index (κ1) is 12.4. The molecule has 0 saturated heterocycles. The highest BCUT2D eigenvalue weighted by atomic mass is 35.5. The van der Waals surface area contributed by atoms with E-state index < -0.39 is 6.04 Å². The van der Waals surface area contributed by atoms with E-state index in [-0.39, 0.29) is 6.61 Å². The van der Waals surface area contributed by atoms with Crippen molar-refractivity contribution in [1.29, 1.82) is 0 Å². The minimum absolute atomic E-state index is 0.173. The average Bonchev–Trinajstić information content (AvgIpc) is 2.74. The average molecular weight is 270 g/mol. The molecule has 0 amide bonds. The van der Waals surface area contributed by atoms with Gasteiger partial charge >= 0.3 is 0 Å². The molecule has 6 heteroatoms. The van der Waals surface area contributed by atoms with Gasteiger partial charge in [-0.2, -0.15) is 0 Å². The molecule has 0 fully saturated rings. The van der Waals surface area contributed by atoms with Gasteiger partial charge in [-0.15, -0.1) is 11.3 Å². The number of thiophene rings is 1. The van der Waals surface area contributed by atoms with Crippen LogP contribution >= 0.6 is 22.9 Å². The molecule has 0 bridgehead atoms. The van der Waals surface area contributed by atoms with Gasteiger partial charge in [0.15, 0.2) is 0 Å². The van der Waals surface area contributed by atoms with E-state index in [4.69, 9.17) is 22.4 Å². The summed E-state index contributed by atoms with van der Waals surface area (Å²) >= 11 is 7.34. The van der Waals surface area contributed by atoms with Crippen molar-refractivity contribution in [2.75, 3.05) is 6.61 Å². The highest BCUT2D eigenvalue weighted by Gasteiger charge is 2.12. The lowest BCUT2D eigenvalue weighted by molar-refractivity contribution is 0.263. The summed E-state index contributed by atoms with van der Waals surface area (Å²) in [6.07, 6.45) is 0. The highest BCUT2D eigenvalue weighted by Crippen LogP contribution is 2.30. The third-order valence-corrected chi connectivity index (χ3v) is 3.48. The molecule has 0 spiro atoms. The first-order chi connectivity index (χ1) is 8.10. The van der Waals surface area contributed by atoms with Gasteiger partial charge in [0.25, 0.3) is 0 Å². The molecule has 0 saturated carbocycles. The molecular formula is C11H12ClN3OS. The maximum absolute atomic E-state index is 9.02. The minimum atomic E-state index is -0.552. The van der Waals surface area contributed by atoms with Gasteiger partial charge in [-0.05, 0) is 25.1 Å². The van der Waals surface area contributed by atoms with Crippen molar-refractivity contribution in [2.45, 2.75) is 13.0 Å². The molecular weight excluding hydrogens is 258 g/mol. The Morgan fingerprint density at radius 1 is 1.47 bits per heavy atom. The lowest BCUT2D eigenvalue weighted by Crippen LogP contribution is -2.18. The van der Waals surface area contributed by atoms with Crippen molar-refractivity contribution in [1.82, 2.24) is 9.97 Å². The molecule has 2 aromatic heterocycles. The molecule has 2 aromatic rings. The summed E-state index contributed by atoms with van der Waals surface area (Å²) in [7, 11) is 0. The molecule has 2 heterocycles. The van der Waals surface area contributed by atoms with Crippen LogP contribution in [0.1, 0.15) is 17.6 Å². The van der Waals surface area contributed by atoms with Gasteiger partial charge in [0.05, 0.1) is 27.6 Å². The quantitative estimate of drug-likeness (QED) is 0.896. The Morgan fingerprint density at radius 3 is 2.82 bits per heavy atom. The standard InChI is InChI=1S/C11H12ClN3OS/c1-6-4-8(9-2-3-10(12)17-9)15-11(14-6)7(13)5-16/h2-4,7,16H,5,13H2,1H3. The van der Waals surface area contributed by atoms with Crippen LogP contribution in [0.5, 0.6) is 0 Å². The summed E-state index contributed by atoms with van der Waals surface area (Å²) in [5.41, 5.74) is 7.32. The molecule has 1 atom stereocenters. The van der Waals surface area contributed by atoms with Crippen LogP contribution in [0, 0.1) is 6.92 Å². The maximum Gasteiger partial charge on any atom is 0.148 e. The van der Waals surface area contributed by atoms with Crippen LogP contribution in [0.15, 0.2) is 18.2 Å². The normalized spacial score (nSPS) is 12.7. The number of halogens is 1. The maximum atomic E-state index is 9.02. The molecule has 3 N–H and O–H groups in total. The van der Waals surface area contributed by atoms with Crippen LogP contribution in [-0.4, -0.2) is 21.7 Å². The Bertz CT molecular complexity index is 529. The number of hydrogen-bond acceptors (Lipinski definition) is 5. The van der Waals surface area contributed by atoms with Crippen LogP contribution in [0.25, 0.3) is 10.6 Å². The van der Waals surface area contributed by atoms with Crippen molar-refractivity contribution in [2.24, 2.45) is 5.73 Å². The van der Waals surface area contributed by atoms with Gasteiger partial charge in [0.1, 0.15) is 5.82 Å².